The minimum absolute atomic E-state index is 0. The summed E-state index contributed by atoms with van der Waals surface area (Å²) in [6.45, 7) is 12.0. The molecule has 1 saturated heterocycles. The molecule has 0 aromatic heterocycles. The largest absolute Gasteiger partial charge is 0.444 e. The lowest BCUT2D eigenvalue weighted by Crippen LogP contribution is -2.54. The van der Waals surface area contributed by atoms with Crippen LogP contribution in [0.3, 0.4) is 0 Å². The van der Waals surface area contributed by atoms with Crippen LogP contribution in [-0.2, 0) is 16.0 Å². The third-order valence-electron chi connectivity index (χ3n) is 4.89. The van der Waals surface area contributed by atoms with E-state index >= 15 is 0 Å². The molecule has 1 heterocycles. The van der Waals surface area contributed by atoms with E-state index in [4.69, 9.17) is 15.2 Å². The van der Waals surface area contributed by atoms with Gasteiger partial charge in [0.05, 0.1) is 12.1 Å². The lowest BCUT2D eigenvalue weighted by Gasteiger charge is -2.35. The van der Waals surface area contributed by atoms with Crippen molar-refractivity contribution >= 4 is 41.9 Å². The topological polar surface area (TPSA) is 118 Å². The summed E-state index contributed by atoms with van der Waals surface area (Å²) in [5.74, 6) is 0.0925. The molecular weight excluding hydrogens is 525 g/mol. The zero-order chi connectivity index (χ0) is 23.4. The summed E-state index contributed by atoms with van der Waals surface area (Å²) in [6.07, 6.45) is -0.611. The second kappa shape index (κ2) is 11.2. The summed E-state index contributed by atoms with van der Waals surface area (Å²) < 4.78 is 11.6. The number of benzene rings is 1. The van der Waals surface area contributed by atoms with Gasteiger partial charge in [0.2, 0.25) is 5.91 Å². The standard InChI is InChI=1S/C22H35N5O4.HI/c1-14-17(27(22(5,6)30-14)20(29)31-21(2,3)4)13-26-19(24-7)25-12-15-9-8-10-16(11-15)18(23)28;/h8-11,14,17H,12-13H2,1-7H3,(H2,23,28)(H2,24,25,26);1H. The molecule has 10 heteroatoms. The average molecular weight is 561 g/mol. The number of amides is 2. The van der Waals surface area contributed by atoms with Crippen molar-refractivity contribution in [2.24, 2.45) is 10.7 Å². The number of halogens is 1. The van der Waals surface area contributed by atoms with Crippen LogP contribution in [0.25, 0.3) is 0 Å². The van der Waals surface area contributed by atoms with Crippen molar-refractivity contribution in [2.75, 3.05) is 13.6 Å². The number of ether oxygens (including phenoxy) is 2. The van der Waals surface area contributed by atoms with Crippen molar-refractivity contribution in [3.8, 4) is 0 Å². The van der Waals surface area contributed by atoms with Crippen molar-refractivity contribution in [1.29, 1.82) is 0 Å². The van der Waals surface area contributed by atoms with Gasteiger partial charge in [0.1, 0.15) is 11.3 Å². The molecule has 0 spiro atoms. The van der Waals surface area contributed by atoms with Crippen LogP contribution in [0.15, 0.2) is 29.3 Å². The van der Waals surface area contributed by atoms with Crippen LogP contribution in [0.4, 0.5) is 4.79 Å². The highest BCUT2D eigenvalue weighted by Crippen LogP contribution is 2.33. The zero-order valence-electron chi connectivity index (χ0n) is 19.9. The molecule has 0 radical (unpaired) electrons. The van der Waals surface area contributed by atoms with E-state index in [0.717, 1.165) is 5.56 Å². The first kappa shape index (κ1) is 28.0. The van der Waals surface area contributed by atoms with Crippen LogP contribution >= 0.6 is 24.0 Å². The van der Waals surface area contributed by atoms with E-state index in [2.05, 4.69) is 15.6 Å². The van der Waals surface area contributed by atoms with Gasteiger partial charge in [-0.1, -0.05) is 12.1 Å². The molecule has 9 nitrogen and oxygen atoms in total. The Morgan fingerprint density at radius 1 is 1.28 bits per heavy atom. The molecule has 4 N–H and O–H groups in total. The Hall–Kier alpha value is -2.08. The van der Waals surface area contributed by atoms with Crippen molar-refractivity contribution < 1.29 is 19.1 Å². The second-order valence-corrected chi connectivity index (χ2v) is 9.06. The summed E-state index contributed by atoms with van der Waals surface area (Å²) in [5, 5.41) is 6.46. The number of carbonyl (C=O) groups is 2. The molecule has 1 aliphatic heterocycles. The number of nitrogens with two attached hydrogens (primary N) is 1. The highest BCUT2D eigenvalue weighted by atomic mass is 127. The third kappa shape index (κ3) is 7.51. The monoisotopic (exact) mass is 561 g/mol. The molecule has 0 saturated carbocycles. The number of nitrogens with one attached hydrogen (secondary N) is 2. The highest BCUT2D eigenvalue weighted by Gasteiger charge is 2.49. The predicted molar refractivity (Wildman–Crippen MR) is 135 cm³/mol. The fourth-order valence-electron chi connectivity index (χ4n) is 3.57. The number of guanidine groups is 1. The maximum absolute atomic E-state index is 12.9. The summed E-state index contributed by atoms with van der Waals surface area (Å²) in [4.78, 5) is 30.1. The van der Waals surface area contributed by atoms with E-state index in [-0.39, 0.29) is 36.1 Å². The van der Waals surface area contributed by atoms with Crippen molar-refractivity contribution in [3.63, 3.8) is 0 Å². The lowest BCUT2D eigenvalue weighted by atomic mass is 10.1. The van der Waals surface area contributed by atoms with Crippen LogP contribution in [0.5, 0.6) is 0 Å². The quantitative estimate of drug-likeness (QED) is 0.289. The SMILES string of the molecule is CN=C(NCc1cccc(C(N)=O)c1)NCC1C(C)OC(C)(C)N1C(=O)OC(C)(C)C.I. The maximum Gasteiger partial charge on any atom is 0.412 e. The molecule has 2 amide bonds. The smallest absolute Gasteiger partial charge is 0.412 e. The number of carbonyl (C=O) groups excluding carboxylic acids is 2. The maximum atomic E-state index is 12.9. The van der Waals surface area contributed by atoms with Gasteiger partial charge < -0.3 is 25.8 Å². The number of aliphatic imine (C=N–C) groups is 1. The molecule has 0 aliphatic carbocycles. The summed E-state index contributed by atoms with van der Waals surface area (Å²) >= 11 is 0. The van der Waals surface area contributed by atoms with Gasteiger partial charge in [-0.05, 0) is 59.2 Å². The molecule has 2 unspecified atom stereocenters. The van der Waals surface area contributed by atoms with Crippen LogP contribution < -0.4 is 16.4 Å². The van der Waals surface area contributed by atoms with Gasteiger partial charge in [0, 0.05) is 25.7 Å². The van der Waals surface area contributed by atoms with E-state index in [0.29, 0.717) is 24.6 Å². The Labute approximate surface area is 207 Å². The Balaban J connectivity index is 0.00000512. The second-order valence-electron chi connectivity index (χ2n) is 9.06. The number of primary amides is 1. The Kier molecular flexibility index (Phi) is 9.76. The summed E-state index contributed by atoms with van der Waals surface area (Å²) in [6, 6.07) is 6.84. The van der Waals surface area contributed by atoms with Gasteiger partial charge in [-0.25, -0.2) is 4.79 Å². The minimum atomic E-state index is -0.791. The molecule has 180 valence electrons. The van der Waals surface area contributed by atoms with Crippen molar-refractivity contribution in [2.45, 2.75) is 71.6 Å². The number of hydrogen-bond donors (Lipinski definition) is 3. The molecular formula is C22H36IN5O4. The third-order valence-corrected chi connectivity index (χ3v) is 4.89. The molecule has 2 atom stereocenters. The first-order chi connectivity index (χ1) is 14.3. The van der Waals surface area contributed by atoms with E-state index < -0.39 is 23.3 Å². The van der Waals surface area contributed by atoms with Gasteiger partial charge in [-0.2, -0.15) is 0 Å². The van der Waals surface area contributed by atoms with Gasteiger partial charge in [0.15, 0.2) is 5.96 Å². The molecule has 0 bridgehead atoms. The Morgan fingerprint density at radius 3 is 2.50 bits per heavy atom. The molecule has 1 aromatic carbocycles. The predicted octanol–water partition coefficient (Wildman–Crippen LogP) is 2.83. The van der Waals surface area contributed by atoms with Crippen LogP contribution in [0, 0.1) is 0 Å². The van der Waals surface area contributed by atoms with Crippen molar-refractivity contribution in [3.05, 3.63) is 35.4 Å². The van der Waals surface area contributed by atoms with Gasteiger partial charge >= 0.3 is 6.09 Å². The summed E-state index contributed by atoms with van der Waals surface area (Å²) in [5.41, 5.74) is 5.30. The van der Waals surface area contributed by atoms with Gasteiger partial charge in [0.25, 0.3) is 0 Å². The number of nitrogens with zero attached hydrogens (tertiary/aromatic N) is 2. The van der Waals surface area contributed by atoms with E-state index in [1.165, 1.54) is 0 Å². The molecule has 1 aliphatic rings. The number of rotatable bonds is 5. The first-order valence-corrected chi connectivity index (χ1v) is 10.4. The highest BCUT2D eigenvalue weighted by molar-refractivity contribution is 14.0. The fraction of sp³-hybridized carbons (Fsp3) is 0.591. The van der Waals surface area contributed by atoms with E-state index in [1.807, 2.05) is 47.6 Å². The van der Waals surface area contributed by atoms with Crippen molar-refractivity contribution in [1.82, 2.24) is 15.5 Å². The summed E-state index contributed by atoms with van der Waals surface area (Å²) in [7, 11) is 1.67. The molecule has 32 heavy (non-hydrogen) atoms. The van der Waals surface area contributed by atoms with E-state index in [9.17, 15) is 9.59 Å². The van der Waals surface area contributed by atoms with Crippen LogP contribution in [-0.4, -0.2) is 59.9 Å². The lowest BCUT2D eigenvalue weighted by molar-refractivity contribution is -0.0755. The normalized spacial score (nSPS) is 20.3. The first-order valence-electron chi connectivity index (χ1n) is 10.4. The van der Waals surface area contributed by atoms with Crippen LogP contribution in [0.1, 0.15) is 57.5 Å². The molecule has 1 fully saturated rings. The molecule has 1 aromatic rings. The van der Waals surface area contributed by atoms with E-state index in [1.54, 1.807) is 30.1 Å². The minimum Gasteiger partial charge on any atom is -0.444 e. The average Bonchev–Trinajstić information content (AvgIpc) is 2.88. The van der Waals surface area contributed by atoms with Crippen LogP contribution in [0.2, 0.25) is 0 Å². The fourth-order valence-corrected chi connectivity index (χ4v) is 3.57. The van der Waals surface area contributed by atoms with Gasteiger partial charge in [-0.15, -0.1) is 24.0 Å². The molecule has 2 rings (SSSR count). The van der Waals surface area contributed by atoms with Gasteiger partial charge in [-0.3, -0.25) is 14.7 Å². The zero-order valence-corrected chi connectivity index (χ0v) is 22.2. The Morgan fingerprint density at radius 2 is 1.94 bits per heavy atom. The number of hydrogen-bond acceptors (Lipinski definition) is 5. The Bertz CT molecular complexity index is 838.